The monoisotopic (exact) mass is 293 g/mol. The minimum atomic E-state index is -3.70. The number of aryl methyl sites for hydroxylation is 1. The summed E-state index contributed by atoms with van der Waals surface area (Å²) in [4.78, 5) is 0.0402. The SMILES string of the molecule is Cn1nccc1CNS(=O)(=O)c1cccc2nonc12. The number of aromatic nitrogens is 4. The summed E-state index contributed by atoms with van der Waals surface area (Å²) in [7, 11) is -1.96. The molecule has 3 aromatic rings. The van der Waals surface area contributed by atoms with E-state index >= 15 is 0 Å². The number of nitrogens with one attached hydrogen (secondary N) is 1. The first-order chi connectivity index (χ1) is 9.58. The van der Waals surface area contributed by atoms with E-state index in [2.05, 4.69) is 24.8 Å². The number of hydrogen-bond donors (Lipinski definition) is 1. The molecule has 104 valence electrons. The van der Waals surface area contributed by atoms with Gasteiger partial charge in [-0.05, 0) is 28.5 Å². The molecule has 3 rings (SSSR count). The van der Waals surface area contributed by atoms with Crippen molar-refractivity contribution in [3.05, 3.63) is 36.2 Å². The van der Waals surface area contributed by atoms with E-state index in [0.29, 0.717) is 5.52 Å². The minimum Gasteiger partial charge on any atom is -0.271 e. The lowest BCUT2D eigenvalue weighted by molar-refractivity contribution is 0.315. The summed E-state index contributed by atoms with van der Waals surface area (Å²) >= 11 is 0. The smallest absolute Gasteiger partial charge is 0.243 e. The summed E-state index contributed by atoms with van der Waals surface area (Å²) in [6, 6.07) is 6.41. The molecule has 8 nitrogen and oxygen atoms in total. The molecule has 0 aliphatic rings. The molecule has 0 saturated carbocycles. The zero-order valence-electron chi connectivity index (χ0n) is 10.5. The molecule has 2 aromatic heterocycles. The maximum Gasteiger partial charge on any atom is 0.243 e. The van der Waals surface area contributed by atoms with E-state index < -0.39 is 10.0 Å². The van der Waals surface area contributed by atoms with Gasteiger partial charge in [0.05, 0.1) is 12.2 Å². The standard InChI is InChI=1S/C11H11N5O3S/c1-16-8(5-6-12-16)7-13-20(17,18)10-4-2-3-9-11(10)15-19-14-9/h2-6,13H,7H2,1H3. The molecule has 0 aliphatic carbocycles. The van der Waals surface area contributed by atoms with E-state index in [9.17, 15) is 8.42 Å². The number of sulfonamides is 1. The highest BCUT2D eigenvalue weighted by atomic mass is 32.2. The Bertz CT molecular complexity index is 852. The van der Waals surface area contributed by atoms with Crippen molar-refractivity contribution in [2.45, 2.75) is 11.4 Å². The van der Waals surface area contributed by atoms with Crippen LogP contribution in [-0.2, 0) is 23.6 Å². The second kappa shape index (κ2) is 4.69. The molecular weight excluding hydrogens is 282 g/mol. The van der Waals surface area contributed by atoms with E-state index in [4.69, 9.17) is 0 Å². The van der Waals surface area contributed by atoms with Gasteiger partial charge < -0.3 is 0 Å². The zero-order valence-corrected chi connectivity index (χ0v) is 11.3. The average molecular weight is 293 g/mol. The van der Waals surface area contributed by atoms with Crippen molar-refractivity contribution in [3.8, 4) is 0 Å². The summed E-state index contributed by atoms with van der Waals surface area (Å²) in [6.45, 7) is 0.139. The molecule has 20 heavy (non-hydrogen) atoms. The van der Waals surface area contributed by atoms with E-state index in [1.165, 1.54) is 6.07 Å². The minimum absolute atomic E-state index is 0.0402. The Morgan fingerprint density at radius 2 is 2.15 bits per heavy atom. The number of hydrogen-bond acceptors (Lipinski definition) is 6. The van der Waals surface area contributed by atoms with Crippen molar-refractivity contribution < 1.29 is 13.0 Å². The number of fused-ring (bicyclic) bond motifs is 1. The largest absolute Gasteiger partial charge is 0.271 e. The van der Waals surface area contributed by atoms with Crippen LogP contribution in [0.3, 0.4) is 0 Å². The number of rotatable bonds is 4. The van der Waals surface area contributed by atoms with Crippen LogP contribution in [-0.4, -0.2) is 28.5 Å². The molecule has 0 aliphatic heterocycles. The molecule has 0 fully saturated rings. The van der Waals surface area contributed by atoms with Crippen molar-refractivity contribution in [3.63, 3.8) is 0 Å². The molecule has 0 saturated heterocycles. The van der Waals surface area contributed by atoms with Crippen LogP contribution in [0, 0.1) is 0 Å². The number of benzene rings is 1. The Balaban J connectivity index is 1.92. The molecule has 2 heterocycles. The van der Waals surface area contributed by atoms with Crippen LogP contribution in [0.4, 0.5) is 0 Å². The first kappa shape index (κ1) is 12.8. The molecule has 0 atom stereocenters. The van der Waals surface area contributed by atoms with Gasteiger partial charge in [0.2, 0.25) is 10.0 Å². The van der Waals surface area contributed by atoms with Crippen molar-refractivity contribution in [1.29, 1.82) is 0 Å². The first-order valence-electron chi connectivity index (χ1n) is 5.76. The highest BCUT2D eigenvalue weighted by Gasteiger charge is 2.20. The highest BCUT2D eigenvalue weighted by Crippen LogP contribution is 2.19. The van der Waals surface area contributed by atoms with Gasteiger partial charge in [0, 0.05) is 13.2 Å². The third kappa shape index (κ3) is 2.17. The van der Waals surface area contributed by atoms with Gasteiger partial charge in [0.25, 0.3) is 0 Å². The van der Waals surface area contributed by atoms with E-state index in [0.717, 1.165) is 5.69 Å². The molecule has 0 unspecified atom stereocenters. The fourth-order valence-electron chi connectivity index (χ4n) is 1.82. The lowest BCUT2D eigenvalue weighted by atomic mass is 10.3. The zero-order chi connectivity index (χ0) is 14.2. The maximum atomic E-state index is 12.3. The average Bonchev–Trinajstić information content (AvgIpc) is 3.04. The fourth-order valence-corrected chi connectivity index (χ4v) is 2.97. The van der Waals surface area contributed by atoms with Gasteiger partial charge in [0.15, 0.2) is 5.52 Å². The first-order valence-corrected chi connectivity index (χ1v) is 7.24. The third-order valence-corrected chi connectivity index (χ3v) is 4.34. The van der Waals surface area contributed by atoms with Crippen LogP contribution in [0.2, 0.25) is 0 Å². The van der Waals surface area contributed by atoms with Gasteiger partial charge >= 0.3 is 0 Å². The molecular formula is C11H11N5O3S. The summed E-state index contributed by atoms with van der Waals surface area (Å²) in [6.07, 6.45) is 1.60. The summed E-state index contributed by atoms with van der Waals surface area (Å²) in [5.74, 6) is 0. The van der Waals surface area contributed by atoms with Gasteiger partial charge in [-0.2, -0.15) is 5.10 Å². The van der Waals surface area contributed by atoms with Crippen LogP contribution in [0.5, 0.6) is 0 Å². The Kier molecular flexibility index (Phi) is 2.99. The second-order valence-corrected chi connectivity index (χ2v) is 5.89. The second-order valence-electron chi connectivity index (χ2n) is 4.16. The lowest BCUT2D eigenvalue weighted by Gasteiger charge is -2.06. The van der Waals surface area contributed by atoms with Crippen molar-refractivity contribution in [2.75, 3.05) is 0 Å². The Morgan fingerprint density at radius 1 is 1.30 bits per heavy atom. The molecule has 0 bridgehead atoms. The Labute approximate surface area is 114 Å². The topological polar surface area (TPSA) is 103 Å². The Hall–Kier alpha value is -2.26. The third-order valence-electron chi connectivity index (χ3n) is 2.90. The van der Waals surface area contributed by atoms with Gasteiger partial charge in [0.1, 0.15) is 10.4 Å². The maximum absolute atomic E-state index is 12.3. The molecule has 1 aromatic carbocycles. The van der Waals surface area contributed by atoms with Crippen LogP contribution in [0.25, 0.3) is 11.0 Å². The summed E-state index contributed by atoms with van der Waals surface area (Å²) in [5, 5.41) is 11.2. The molecule has 0 radical (unpaired) electrons. The van der Waals surface area contributed by atoms with E-state index in [-0.39, 0.29) is 17.0 Å². The molecule has 9 heteroatoms. The van der Waals surface area contributed by atoms with Crippen molar-refractivity contribution in [1.82, 2.24) is 24.8 Å². The van der Waals surface area contributed by atoms with Crippen LogP contribution in [0.1, 0.15) is 5.69 Å². The van der Waals surface area contributed by atoms with Crippen LogP contribution in [0.15, 0.2) is 40.0 Å². The fraction of sp³-hybridized carbons (Fsp3) is 0.182. The van der Waals surface area contributed by atoms with Gasteiger partial charge in [-0.15, -0.1) is 0 Å². The quantitative estimate of drug-likeness (QED) is 0.748. The molecule has 1 N–H and O–H groups in total. The predicted octanol–water partition coefficient (Wildman–Crippen LogP) is 0.435. The van der Waals surface area contributed by atoms with Crippen molar-refractivity contribution in [2.24, 2.45) is 7.05 Å². The van der Waals surface area contributed by atoms with Gasteiger partial charge in [-0.1, -0.05) is 6.07 Å². The summed E-state index contributed by atoms with van der Waals surface area (Å²) in [5.41, 5.74) is 1.36. The van der Waals surface area contributed by atoms with Crippen molar-refractivity contribution >= 4 is 21.1 Å². The van der Waals surface area contributed by atoms with E-state index in [1.807, 2.05) is 0 Å². The molecule has 0 amide bonds. The van der Waals surface area contributed by atoms with Crippen LogP contribution < -0.4 is 4.72 Å². The number of nitrogens with zero attached hydrogens (tertiary/aromatic N) is 4. The molecule has 0 spiro atoms. The lowest BCUT2D eigenvalue weighted by Crippen LogP contribution is -2.24. The highest BCUT2D eigenvalue weighted by molar-refractivity contribution is 7.89. The van der Waals surface area contributed by atoms with Gasteiger partial charge in [-0.25, -0.2) is 17.8 Å². The Morgan fingerprint density at radius 3 is 2.90 bits per heavy atom. The van der Waals surface area contributed by atoms with Gasteiger partial charge in [-0.3, -0.25) is 4.68 Å². The van der Waals surface area contributed by atoms with E-state index in [1.54, 1.807) is 36.1 Å². The normalized spacial score (nSPS) is 12.1. The predicted molar refractivity (Wildman–Crippen MR) is 69.0 cm³/mol. The summed E-state index contributed by atoms with van der Waals surface area (Å²) < 4.78 is 33.3. The van der Waals surface area contributed by atoms with Crippen LogP contribution >= 0.6 is 0 Å².